The fourth-order valence-corrected chi connectivity index (χ4v) is 3.00. The molecule has 0 aromatic carbocycles. The van der Waals surface area contributed by atoms with Crippen LogP contribution in [0.2, 0.25) is 0 Å². The van der Waals surface area contributed by atoms with Gasteiger partial charge < -0.3 is 15.0 Å². The number of aromatic nitrogens is 2. The van der Waals surface area contributed by atoms with Crippen molar-refractivity contribution in [1.82, 2.24) is 10.1 Å². The maximum atomic E-state index is 6.08. The van der Waals surface area contributed by atoms with Gasteiger partial charge in [-0.2, -0.15) is 4.98 Å². The Labute approximate surface area is 121 Å². The Hall–Kier alpha value is -0.940. The summed E-state index contributed by atoms with van der Waals surface area (Å²) in [5.74, 6) is 1.64. The van der Waals surface area contributed by atoms with Crippen LogP contribution in [0.1, 0.15) is 76.4 Å². The van der Waals surface area contributed by atoms with Gasteiger partial charge in [-0.05, 0) is 32.7 Å². The van der Waals surface area contributed by atoms with Crippen LogP contribution in [0.25, 0.3) is 0 Å². The second-order valence-corrected chi connectivity index (χ2v) is 5.78. The van der Waals surface area contributed by atoms with Crippen molar-refractivity contribution >= 4 is 0 Å². The van der Waals surface area contributed by atoms with E-state index >= 15 is 0 Å². The van der Waals surface area contributed by atoms with Gasteiger partial charge in [0.2, 0.25) is 11.7 Å². The minimum absolute atomic E-state index is 0.214. The molecule has 0 spiro atoms. The highest BCUT2D eigenvalue weighted by atomic mass is 16.5. The van der Waals surface area contributed by atoms with E-state index in [1.165, 1.54) is 25.7 Å². The second-order valence-electron chi connectivity index (χ2n) is 5.78. The molecular formula is C15H27N3O2. The van der Waals surface area contributed by atoms with E-state index < -0.39 is 0 Å². The lowest BCUT2D eigenvalue weighted by Crippen LogP contribution is -2.30. The molecule has 0 aliphatic heterocycles. The molecule has 5 heteroatoms. The van der Waals surface area contributed by atoms with Crippen molar-refractivity contribution in [1.29, 1.82) is 0 Å². The minimum atomic E-state index is -0.338. The van der Waals surface area contributed by atoms with Crippen LogP contribution >= 0.6 is 0 Å². The third-order valence-electron chi connectivity index (χ3n) is 4.20. The number of nitrogens with zero attached hydrogens (tertiary/aromatic N) is 2. The molecule has 1 aliphatic carbocycles. The maximum Gasteiger partial charge on any atom is 0.229 e. The zero-order chi connectivity index (χ0) is 14.4. The lowest BCUT2D eigenvalue weighted by atomic mass is 9.93. The van der Waals surface area contributed by atoms with Crippen molar-refractivity contribution in [2.75, 3.05) is 13.2 Å². The van der Waals surface area contributed by atoms with Crippen LogP contribution in [0.3, 0.4) is 0 Å². The molecule has 0 radical (unpaired) electrons. The highest BCUT2D eigenvalue weighted by molar-refractivity contribution is 5.04. The third kappa shape index (κ3) is 3.38. The van der Waals surface area contributed by atoms with Crippen LogP contribution in [-0.2, 0) is 10.3 Å². The molecule has 1 aliphatic rings. The quantitative estimate of drug-likeness (QED) is 0.811. The standard InChI is InChI=1S/C15H27N3O2/c1-3-19-15(9-6-4-5-7-10-15)14-17-13(20-18-14)12(2)8-11-16/h12H,3-11,16H2,1-2H3. The van der Waals surface area contributed by atoms with Crippen molar-refractivity contribution < 1.29 is 9.26 Å². The lowest BCUT2D eigenvalue weighted by molar-refractivity contribution is -0.0636. The predicted molar refractivity (Wildman–Crippen MR) is 77.4 cm³/mol. The van der Waals surface area contributed by atoms with Crippen LogP contribution in [0.5, 0.6) is 0 Å². The largest absolute Gasteiger partial charge is 0.367 e. The van der Waals surface area contributed by atoms with Crippen molar-refractivity contribution in [3.63, 3.8) is 0 Å². The van der Waals surface area contributed by atoms with Crippen LogP contribution in [-0.4, -0.2) is 23.3 Å². The van der Waals surface area contributed by atoms with Crippen LogP contribution < -0.4 is 5.73 Å². The highest BCUT2D eigenvalue weighted by Gasteiger charge is 2.38. The van der Waals surface area contributed by atoms with Crippen LogP contribution in [0, 0.1) is 0 Å². The van der Waals surface area contributed by atoms with Gasteiger partial charge in [-0.15, -0.1) is 0 Å². The molecule has 0 bridgehead atoms. The molecule has 2 rings (SSSR count). The molecule has 1 unspecified atom stereocenters. The van der Waals surface area contributed by atoms with Gasteiger partial charge in [0.25, 0.3) is 0 Å². The summed E-state index contributed by atoms with van der Waals surface area (Å²) in [5.41, 5.74) is 5.26. The Morgan fingerprint density at radius 3 is 2.60 bits per heavy atom. The molecule has 1 heterocycles. The molecule has 2 N–H and O–H groups in total. The van der Waals surface area contributed by atoms with Gasteiger partial charge in [-0.25, -0.2) is 0 Å². The lowest BCUT2D eigenvalue weighted by Gasteiger charge is -2.29. The van der Waals surface area contributed by atoms with Gasteiger partial charge in [0.05, 0.1) is 0 Å². The van der Waals surface area contributed by atoms with Crippen molar-refractivity contribution in [2.45, 2.75) is 70.3 Å². The average Bonchev–Trinajstić information content (AvgIpc) is 2.82. The Bertz CT molecular complexity index is 398. The van der Waals surface area contributed by atoms with E-state index in [0.29, 0.717) is 19.0 Å². The first kappa shape index (κ1) is 15.4. The van der Waals surface area contributed by atoms with E-state index in [4.69, 9.17) is 15.0 Å². The first-order valence-corrected chi connectivity index (χ1v) is 7.90. The summed E-state index contributed by atoms with van der Waals surface area (Å²) >= 11 is 0. The number of nitrogens with two attached hydrogens (primary N) is 1. The molecule has 1 aromatic heterocycles. The molecule has 1 fully saturated rings. The van der Waals surface area contributed by atoms with E-state index in [-0.39, 0.29) is 11.5 Å². The molecule has 1 atom stereocenters. The average molecular weight is 281 g/mol. The van der Waals surface area contributed by atoms with Gasteiger partial charge in [0, 0.05) is 12.5 Å². The van der Waals surface area contributed by atoms with Gasteiger partial charge >= 0.3 is 0 Å². The number of ether oxygens (including phenoxy) is 1. The molecule has 1 saturated carbocycles. The summed E-state index contributed by atoms with van der Waals surface area (Å²) in [5, 5.41) is 4.22. The number of hydrogen-bond donors (Lipinski definition) is 1. The normalized spacial score (nSPS) is 20.6. The zero-order valence-corrected chi connectivity index (χ0v) is 12.7. The van der Waals surface area contributed by atoms with Crippen LogP contribution in [0.15, 0.2) is 4.52 Å². The first-order chi connectivity index (χ1) is 9.72. The Morgan fingerprint density at radius 1 is 1.30 bits per heavy atom. The predicted octanol–water partition coefficient (Wildman–Crippen LogP) is 3.11. The van der Waals surface area contributed by atoms with E-state index in [0.717, 1.165) is 25.1 Å². The van der Waals surface area contributed by atoms with Crippen molar-refractivity contribution in [3.8, 4) is 0 Å². The molecule has 1 aromatic rings. The fraction of sp³-hybridized carbons (Fsp3) is 0.867. The van der Waals surface area contributed by atoms with Crippen LogP contribution in [0.4, 0.5) is 0 Å². The highest BCUT2D eigenvalue weighted by Crippen LogP contribution is 2.38. The van der Waals surface area contributed by atoms with Gasteiger partial charge in [-0.3, -0.25) is 0 Å². The van der Waals surface area contributed by atoms with E-state index in [1.807, 2.05) is 6.92 Å². The molecule has 0 saturated heterocycles. The number of hydrogen-bond acceptors (Lipinski definition) is 5. The summed E-state index contributed by atoms with van der Waals surface area (Å²) < 4.78 is 11.5. The molecule has 0 amide bonds. The van der Waals surface area contributed by atoms with Crippen molar-refractivity contribution in [3.05, 3.63) is 11.7 Å². The van der Waals surface area contributed by atoms with E-state index in [2.05, 4.69) is 17.1 Å². The Balaban J connectivity index is 2.20. The molecule has 114 valence electrons. The molecular weight excluding hydrogens is 254 g/mol. The van der Waals surface area contributed by atoms with Crippen molar-refractivity contribution in [2.24, 2.45) is 5.73 Å². The Kier molecular flexibility index (Phi) is 5.54. The summed E-state index contributed by atoms with van der Waals surface area (Å²) in [6.45, 7) is 5.42. The second kappa shape index (κ2) is 7.18. The van der Waals surface area contributed by atoms with Gasteiger partial charge in [0.15, 0.2) is 0 Å². The maximum absolute atomic E-state index is 6.08. The monoisotopic (exact) mass is 281 g/mol. The minimum Gasteiger partial charge on any atom is -0.367 e. The zero-order valence-electron chi connectivity index (χ0n) is 12.7. The molecule has 5 nitrogen and oxygen atoms in total. The fourth-order valence-electron chi connectivity index (χ4n) is 3.00. The summed E-state index contributed by atoms with van der Waals surface area (Å²) in [7, 11) is 0. The first-order valence-electron chi connectivity index (χ1n) is 7.90. The Morgan fingerprint density at radius 2 is 2.00 bits per heavy atom. The summed E-state index contributed by atoms with van der Waals surface area (Å²) in [6, 6.07) is 0. The topological polar surface area (TPSA) is 74.2 Å². The molecule has 20 heavy (non-hydrogen) atoms. The summed E-state index contributed by atoms with van der Waals surface area (Å²) in [6.07, 6.45) is 7.72. The van der Waals surface area contributed by atoms with Gasteiger partial charge in [0.1, 0.15) is 5.60 Å². The van der Waals surface area contributed by atoms with E-state index in [1.54, 1.807) is 0 Å². The smallest absolute Gasteiger partial charge is 0.229 e. The van der Waals surface area contributed by atoms with E-state index in [9.17, 15) is 0 Å². The number of rotatable bonds is 6. The van der Waals surface area contributed by atoms with Gasteiger partial charge in [-0.1, -0.05) is 37.8 Å². The summed E-state index contributed by atoms with van der Waals surface area (Å²) in [4.78, 5) is 4.63. The third-order valence-corrected chi connectivity index (χ3v) is 4.20. The SMILES string of the molecule is CCOC1(c2noc(C(C)CCN)n2)CCCCCC1.